The lowest BCUT2D eigenvalue weighted by Crippen LogP contribution is -2.04. The molecule has 2 N–H and O–H groups in total. The van der Waals surface area contributed by atoms with E-state index in [1.807, 2.05) is 60.7 Å². The molecule has 0 saturated carbocycles. The van der Waals surface area contributed by atoms with E-state index < -0.39 is 0 Å². The van der Waals surface area contributed by atoms with Gasteiger partial charge in [-0.3, -0.25) is 0 Å². The zero-order valence-electron chi connectivity index (χ0n) is 31.8. The molecule has 0 aliphatic heterocycles. The lowest BCUT2D eigenvalue weighted by Gasteiger charge is -2.19. The highest BCUT2D eigenvalue weighted by molar-refractivity contribution is 5.88. The van der Waals surface area contributed by atoms with E-state index in [2.05, 4.69) is 91.8 Å². The van der Waals surface area contributed by atoms with E-state index in [0.29, 0.717) is 13.2 Å². The monoisotopic (exact) mass is 690 g/mol. The highest BCUT2D eigenvalue weighted by Gasteiger charge is 2.20. The molecule has 0 atom stereocenters. The lowest BCUT2D eigenvalue weighted by atomic mass is 9.89. The Morgan fingerprint density at radius 3 is 1.06 bits per heavy atom. The van der Waals surface area contributed by atoms with Crippen molar-refractivity contribution < 1.29 is 19.7 Å². The number of aromatic hydroxyl groups is 2. The molecular weight excluding hydrogens is 641 g/mol. The number of aryl methyl sites for hydroxylation is 8. The van der Waals surface area contributed by atoms with Gasteiger partial charge in [0.15, 0.2) is 0 Å². The van der Waals surface area contributed by atoms with Crippen LogP contribution in [0.2, 0.25) is 0 Å². The van der Waals surface area contributed by atoms with E-state index in [-0.39, 0.29) is 11.5 Å². The molecule has 6 aromatic carbocycles. The SMILES string of the molecule is Cc1cc(C)c(-c2cc(C)cc(-c3ccccc3OCCCCOc3ccccc3-c3cc(C)cc(-c4c(C)cc(C)cc4C)c3O)c2O)c(C)c1. The predicted octanol–water partition coefficient (Wildman–Crippen LogP) is 12.5. The smallest absolute Gasteiger partial charge is 0.131 e. The Morgan fingerprint density at radius 1 is 0.385 bits per heavy atom. The van der Waals surface area contributed by atoms with Crippen LogP contribution in [0, 0.1) is 55.4 Å². The molecule has 0 aromatic heterocycles. The molecule has 0 amide bonds. The summed E-state index contributed by atoms with van der Waals surface area (Å²) >= 11 is 0. The third-order valence-electron chi connectivity index (χ3n) is 9.81. The first-order chi connectivity index (χ1) is 24.9. The zero-order chi connectivity index (χ0) is 37.1. The molecular formula is C48H50O4. The summed E-state index contributed by atoms with van der Waals surface area (Å²) in [7, 11) is 0. The van der Waals surface area contributed by atoms with Crippen LogP contribution in [-0.2, 0) is 0 Å². The summed E-state index contributed by atoms with van der Waals surface area (Å²) in [4.78, 5) is 0. The van der Waals surface area contributed by atoms with E-state index in [0.717, 1.165) is 102 Å². The molecule has 4 heteroatoms. The minimum absolute atomic E-state index is 0.264. The summed E-state index contributed by atoms with van der Waals surface area (Å²) in [6.45, 7) is 17.8. The van der Waals surface area contributed by atoms with Crippen molar-refractivity contribution in [1.29, 1.82) is 0 Å². The molecule has 266 valence electrons. The van der Waals surface area contributed by atoms with E-state index in [1.165, 1.54) is 11.1 Å². The maximum absolute atomic E-state index is 11.7. The molecule has 0 radical (unpaired) electrons. The fourth-order valence-corrected chi connectivity index (χ4v) is 7.76. The standard InChI is InChI=1S/C48H50O4/c1-29-21-33(5)45(34(6)22-29)41-27-31(3)25-39(47(41)49)37-15-9-11-17-43(37)51-19-13-14-20-52-44-18-12-10-16-38(44)40-26-32(4)28-42(48(40)50)46-35(7)23-30(2)24-36(46)8/h9-12,15-18,21-28,49-50H,13-14,19-20H2,1-8H3. The molecule has 6 aromatic rings. The van der Waals surface area contributed by atoms with E-state index in [9.17, 15) is 10.2 Å². The van der Waals surface area contributed by atoms with Crippen LogP contribution in [-0.4, -0.2) is 23.4 Å². The van der Waals surface area contributed by atoms with Crippen molar-refractivity contribution in [2.45, 2.75) is 68.2 Å². The van der Waals surface area contributed by atoms with Crippen LogP contribution in [0.3, 0.4) is 0 Å². The van der Waals surface area contributed by atoms with Gasteiger partial charge in [0, 0.05) is 33.4 Å². The van der Waals surface area contributed by atoms with E-state index in [1.54, 1.807) is 0 Å². The Hall–Kier alpha value is -5.48. The van der Waals surface area contributed by atoms with Gasteiger partial charge in [0.2, 0.25) is 0 Å². The highest BCUT2D eigenvalue weighted by Crippen LogP contribution is 2.46. The van der Waals surface area contributed by atoms with Gasteiger partial charge in [-0.05, 0) is 149 Å². The summed E-state index contributed by atoms with van der Waals surface area (Å²) in [6, 6.07) is 32.7. The first-order valence-electron chi connectivity index (χ1n) is 18.2. The minimum atomic E-state index is 0.264. The van der Waals surface area contributed by atoms with Gasteiger partial charge < -0.3 is 19.7 Å². The van der Waals surface area contributed by atoms with Gasteiger partial charge in [-0.2, -0.15) is 0 Å². The molecule has 6 rings (SSSR count). The van der Waals surface area contributed by atoms with Crippen molar-refractivity contribution in [2.24, 2.45) is 0 Å². The van der Waals surface area contributed by atoms with Crippen LogP contribution in [0.15, 0.2) is 97.1 Å². The molecule has 0 fully saturated rings. The van der Waals surface area contributed by atoms with Gasteiger partial charge in [0.25, 0.3) is 0 Å². The average molecular weight is 691 g/mol. The summed E-state index contributed by atoms with van der Waals surface area (Å²) in [6.07, 6.45) is 1.57. The number of phenols is 2. The second kappa shape index (κ2) is 15.4. The summed E-state index contributed by atoms with van der Waals surface area (Å²) in [5.41, 5.74) is 16.2. The van der Waals surface area contributed by atoms with Crippen molar-refractivity contribution >= 4 is 0 Å². The van der Waals surface area contributed by atoms with E-state index >= 15 is 0 Å². The van der Waals surface area contributed by atoms with Crippen molar-refractivity contribution in [3.63, 3.8) is 0 Å². The molecule has 0 heterocycles. The van der Waals surface area contributed by atoms with Gasteiger partial charge >= 0.3 is 0 Å². The topological polar surface area (TPSA) is 58.9 Å². The maximum atomic E-state index is 11.7. The second-order valence-electron chi connectivity index (χ2n) is 14.4. The van der Waals surface area contributed by atoms with Crippen LogP contribution >= 0.6 is 0 Å². The average Bonchev–Trinajstić information content (AvgIpc) is 3.08. The predicted molar refractivity (Wildman–Crippen MR) is 216 cm³/mol. The number of benzene rings is 6. The number of hydrogen-bond acceptors (Lipinski definition) is 4. The lowest BCUT2D eigenvalue weighted by molar-refractivity contribution is 0.267. The minimum Gasteiger partial charge on any atom is -0.507 e. The zero-order valence-corrected chi connectivity index (χ0v) is 31.8. The van der Waals surface area contributed by atoms with Crippen LogP contribution in [0.5, 0.6) is 23.0 Å². The first kappa shape index (κ1) is 36.3. The molecule has 52 heavy (non-hydrogen) atoms. The summed E-state index contributed by atoms with van der Waals surface area (Å²) < 4.78 is 12.7. The molecule has 0 spiro atoms. The molecule has 0 unspecified atom stereocenters. The van der Waals surface area contributed by atoms with E-state index in [4.69, 9.17) is 9.47 Å². The van der Waals surface area contributed by atoms with Crippen molar-refractivity contribution in [3.05, 3.63) is 142 Å². The Bertz CT molecular complexity index is 2050. The third-order valence-corrected chi connectivity index (χ3v) is 9.81. The van der Waals surface area contributed by atoms with Gasteiger partial charge in [-0.25, -0.2) is 0 Å². The first-order valence-corrected chi connectivity index (χ1v) is 18.2. The third kappa shape index (κ3) is 7.57. The van der Waals surface area contributed by atoms with Gasteiger partial charge in [0.05, 0.1) is 13.2 Å². The maximum Gasteiger partial charge on any atom is 0.131 e. The number of hydrogen-bond donors (Lipinski definition) is 2. The number of unbranched alkanes of at least 4 members (excludes halogenated alkanes) is 1. The number of ether oxygens (including phenoxy) is 2. The highest BCUT2D eigenvalue weighted by atomic mass is 16.5. The fraction of sp³-hybridized carbons (Fsp3) is 0.250. The van der Waals surface area contributed by atoms with Crippen molar-refractivity contribution in [2.75, 3.05) is 13.2 Å². The van der Waals surface area contributed by atoms with Gasteiger partial charge in [-0.15, -0.1) is 0 Å². The largest absolute Gasteiger partial charge is 0.507 e. The molecule has 0 saturated heterocycles. The second-order valence-corrected chi connectivity index (χ2v) is 14.4. The molecule has 0 aliphatic rings. The Kier molecular flexibility index (Phi) is 10.8. The Balaban J connectivity index is 1.15. The van der Waals surface area contributed by atoms with Crippen molar-refractivity contribution in [1.82, 2.24) is 0 Å². The Morgan fingerprint density at radius 2 is 0.692 bits per heavy atom. The van der Waals surface area contributed by atoms with Crippen LogP contribution in [0.1, 0.15) is 57.3 Å². The molecule has 0 aliphatic carbocycles. The van der Waals surface area contributed by atoms with Crippen molar-refractivity contribution in [3.8, 4) is 67.5 Å². The Labute approximate surface area is 309 Å². The fourth-order valence-electron chi connectivity index (χ4n) is 7.76. The summed E-state index contributed by atoms with van der Waals surface area (Å²) in [5.74, 6) is 2.00. The number of phenolic OH excluding ortho intramolecular Hbond substituents is 2. The number of rotatable bonds is 11. The van der Waals surface area contributed by atoms with Crippen LogP contribution in [0.25, 0.3) is 44.5 Å². The summed E-state index contributed by atoms with van der Waals surface area (Å²) in [5, 5.41) is 23.3. The van der Waals surface area contributed by atoms with Crippen LogP contribution in [0.4, 0.5) is 0 Å². The normalized spacial score (nSPS) is 11.2. The molecule has 0 bridgehead atoms. The van der Waals surface area contributed by atoms with Gasteiger partial charge in [-0.1, -0.05) is 71.8 Å². The van der Waals surface area contributed by atoms with Gasteiger partial charge in [0.1, 0.15) is 23.0 Å². The molecule has 4 nitrogen and oxygen atoms in total. The van der Waals surface area contributed by atoms with Crippen LogP contribution < -0.4 is 9.47 Å². The quantitative estimate of drug-likeness (QED) is 0.133. The number of para-hydroxylation sites is 2.